The Labute approximate surface area is 152 Å². The summed E-state index contributed by atoms with van der Waals surface area (Å²) in [7, 11) is 0. The zero-order valence-corrected chi connectivity index (χ0v) is 14.1. The van der Waals surface area contributed by atoms with Crippen molar-refractivity contribution in [2.45, 2.75) is 13.1 Å². The molecule has 2 N–H and O–H groups in total. The van der Waals surface area contributed by atoms with E-state index in [-0.39, 0.29) is 17.9 Å². The van der Waals surface area contributed by atoms with Gasteiger partial charge in [0.1, 0.15) is 0 Å². The summed E-state index contributed by atoms with van der Waals surface area (Å²) >= 11 is 0. The van der Waals surface area contributed by atoms with Crippen LogP contribution in [0.15, 0.2) is 53.6 Å². The van der Waals surface area contributed by atoms with E-state index in [0.29, 0.717) is 11.3 Å². The normalized spacial score (nSPS) is 11.8. The second-order valence-electron chi connectivity index (χ2n) is 5.47. The van der Waals surface area contributed by atoms with Crippen LogP contribution < -0.4 is 10.7 Å². The van der Waals surface area contributed by atoms with Crippen molar-refractivity contribution in [3.05, 3.63) is 69.8 Å². The number of hydrazone groups is 1. The molecule has 0 aliphatic carbocycles. The van der Waals surface area contributed by atoms with Crippen LogP contribution in [0.2, 0.25) is 0 Å². The van der Waals surface area contributed by atoms with Gasteiger partial charge in [-0.15, -0.1) is 0 Å². The van der Waals surface area contributed by atoms with Crippen LogP contribution in [0.3, 0.4) is 0 Å². The van der Waals surface area contributed by atoms with Crippen LogP contribution in [-0.4, -0.2) is 23.1 Å². The summed E-state index contributed by atoms with van der Waals surface area (Å²) in [6, 6.07) is 10.2. The number of hydrogen-bond donors (Lipinski definition) is 2. The molecule has 0 aliphatic heterocycles. The van der Waals surface area contributed by atoms with Crippen molar-refractivity contribution in [1.29, 1.82) is 0 Å². The highest BCUT2D eigenvalue weighted by atomic mass is 19.4. The molecule has 10 heteroatoms. The molecule has 1 amide bonds. The van der Waals surface area contributed by atoms with Crippen molar-refractivity contribution in [2.24, 2.45) is 5.10 Å². The van der Waals surface area contributed by atoms with Gasteiger partial charge in [-0.3, -0.25) is 14.9 Å². The number of benzene rings is 2. The maximum absolute atomic E-state index is 12.6. The van der Waals surface area contributed by atoms with Gasteiger partial charge < -0.3 is 5.32 Å². The Morgan fingerprint density at radius 3 is 2.56 bits per heavy atom. The molecule has 27 heavy (non-hydrogen) atoms. The summed E-state index contributed by atoms with van der Waals surface area (Å²) in [6.45, 7) is 1.26. The quantitative estimate of drug-likeness (QED) is 0.455. The van der Waals surface area contributed by atoms with Gasteiger partial charge in [0.2, 0.25) is 0 Å². The van der Waals surface area contributed by atoms with E-state index < -0.39 is 22.6 Å². The largest absolute Gasteiger partial charge is 0.416 e. The number of carbonyl (C=O) groups excluding carboxylic acids is 1. The standard InChI is InChI=1S/C17H15F3N4O3/c1-11(12-4-2-7-15(8-12)24(26)27)22-23-16(25)10-21-14-6-3-5-13(9-14)17(18,19)20/h2-9,21H,10H2,1H3,(H,23,25). The molecule has 0 bridgehead atoms. The lowest BCUT2D eigenvalue weighted by molar-refractivity contribution is -0.384. The van der Waals surface area contributed by atoms with Crippen LogP contribution in [0.25, 0.3) is 0 Å². The molecule has 0 aromatic heterocycles. The topological polar surface area (TPSA) is 96.6 Å². The smallest absolute Gasteiger partial charge is 0.376 e. The molecule has 0 radical (unpaired) electrons. The number of rotatable bonds is 6. The zero-order chi connectivity index (χ0) is 20.0. The number of amides is 1. The fraction of sp³-hybridized carbons (Fsp3) is 0.176. The fourth-order valence-electron chi connectivity index (χ4n) is 2.08. The number of nitro benzene ring substituents is 1. The molecule has 0 saturated heterocycles. The molecule has 0 heterocycles. The van der Waals surface area contributed by atoms with Crippen molar-refractivity contribution in [2.75, 3.05) is 11.9 Å². The second kappa shape index (κ2) is 8.30. The molecule has 0 unspecified atom stereocenters. The molecule has 0 fully saturated rings. The van der Waals surface area contributed by atoms with Gasteiger partial charge in [0, 0.05) is 23.4 Å². The van der Waals surface area contributed by atoms with E-state index in [2.05, 4.69) is 15.8 Å². The molecule has 142 valence electrons. The van der Waals surface area contributed by atoms with Gasteiger partial charge in [-0.05, 0) is 25.1 Å². The van der Waals surface area contributed by atoms with E-state index in [1.165, 1.54) is 30.3 Å². The van der Waals surface area contributed by atoms with Crippen molar-refractivity contribution in [3.8, 4) is 0 Å². The molecule has 7 nitrogen and oxygen atoms in total. The maximum Gasteiger partial charge on any atom is 0.416 e. The molecule has 0 aliphatic rings. The maximum atomic E-state index is 12.6. The predicted octanol–water partition coefficient (Wildman–Crippen LogP) is 3.57. The van der Waals surface area contributed by atoms with E-state index in [0.717, 1.165) is 12.1 Å². The van der Waals surface area contributed by atoms with Gasteiger partial charge in [-0.1, -0.05) is 18.2 Å². The molecule has 0 atom stereocenters. The summed E-state index contributed by atoms with van der Waals surface area (Å²) in [5.74, 6) is -0.586. The van der Waals surface area contributed by atoms with E-state index in [4.69, 9.17) is 0 Å². The highest BCUT2D eigenvalue weighted by Gasteiger charge is 2.30. The highest BCUT2D eigenvalue weighted by molar-refractivity contribution is 5.99. The average molecular weight is 380 g/mol. The Balaban J connectivity index is 1.95. The average Bonchev–Trinajstić information content (AvgIpc) is 2.64. The number of hydrogen-bond acceptors (Lipinski definition) is 5. The van der Waals surface area contributed by atoms with E-state index >= 15 is 0 Å². The number of nitro groups is 1. The lowest BCUT2D eigenvalue weighted by Gasteiger charge is -2.10. The number of nitrogens with zero attached hydrogens (tertiary/aromatic N) is 2. The summed E-state index contributed by atoms with van der Waals surface area (Å²) in [5, 5.41) is 17.2. The Bertz CT molecular complexity index is 882. The lowest BCUT2D eigenvalue weighted by atomic mass is 10.1. The monoisotopic (exact) mass is 380 g/mol. The first kappa shape index (κ1) is 19.9. The third-order valence-corrected chi connectivity index (χ3v) is 3.47. The van der Waals surface area contributed by atoms with Crippen LogP contribution in [0.5, 0.6) is 0 Å². The molecule has 2 aromatic carbocycles. The minimum atomic E-state index is -4.47. The SMILES string of the molecule is CC(=NNC(=O)CNc1cccc(C(F)(F)F)c1)c1cccc([N+](=O)[O-])c1. The first-order chi connectivity index (χ1) is 12.7. The fourth-order valence-corrected chi connectivity index (χ4v) is 2.08. The summed E-state index contributed by atoms with van der Waals surface area (Å²) in [6.07, 6.45) is -4.47. The first-order valence-electron chi connectivity index (χ1n) is 7.66. The molecule has 0 spiro atoms. The third-order valence-electron chi connectivity index (χ3n) is 3.47. The highest BCUT2D eigenvalue weighted by Crippen LogP contribution is 2.30. The van der Waals surface area contributed by atoms with E-state index in [1.54, 1.807) is 13.0 Å². The van der Waals surface area contributed by atoms with Gasteiger partial charge in [-0.25, -0.2) is 5.43 Å². The second-order valence-corrected chi connectivity index (χ2v) is 5.47. The Hall–Kier alpha value is -3.43. The van der Waals surface area contributed by atoms with Gasteiger partial charge in [0.15, 0.2) is 0 Å². The Kier molecular flexibility index (Phi) is 6.11. The van der Waals surface area contributed by atoms with Crippen LogP contribution in [0.4, 0.5) is 24.5 Å². The number of carbonyl (C=O) groups is 1. The summed E-state index contributed by atoms with van der Waals surface area (Å²) in [5.41, 5.74) is 2.23. The van der Waals surface area contributed by atoms with E-state index in [9.17, 15) is 28.1 Å². The van der Waals surface area contributed by atoms with Crippen LogP contribution in [0, 0.1) is 10.1 Å². The molecule has 2 aromatic rings. The number of halogens is 3. The van der Waals surface area contributed by atoms with Gasteiger partial charge in [0.25, 0.3) is 11.6 Å². The van der Waals surface area contributed by atoms with Crippen LogP contribution >= 0.6 is 0 Å². The summed E-state index contributed by atoms with van der Waals surface area (Å²) < 4.78 is 37.9. The van der Waals surface area contributed by atoms with E-state index in [1.807, 2.05) is 0 Å². The van der Waals surface area contributed by atoms with Crippen molar-refractivity contribution < 1.29 is 22.9 Å². The van der Waals surface area contributed by atoms with Gasteiger partial charge in [0.05, 0.1) is 22.7 Å². The minimum Gasteiger partial charge on any atom is -0.376 e. The minimum absolute atomic E-state index is 0.111. The number of alkyl halides is 3. The zero-order valence-electron chi connectivity index (χ0n) is 14.1. The number of anilines is 1. The van der Waals surface area contributed by atoms with Crippen molar-refractivity contribution in [3.63, 3.8) is 0 Å². The molecule has 2 rings (SSSR count). The number of non-ortho nitro benzene ring substituents is 1. The molecular weight excluding hydrogens is 365 g/mol. The van der Waals surface area contributed by atoms with Gasteiger partial charge >= 0.3 is 6.18 Å². The predicted molar refractivity (Wildman–Crippen MR) is 93.4 cm³/mol. The Morgan fingerprint density at radius 1 is 1.19 bits per heavy atom. The molecule has 0 saturated carbocycles. The summed E-state index contributed by atoms with van der Waals surface area (Å²) in [4.78, 5) is 22.0. The van der Waals surface area contributed by atoms with Gasteiger partial charge in [-0.2, -0.15) is 18.3 Å². The van der Waals surface area contributed by atoms with Crippen LogP contribution in [-0.2, 0) is 11.0 Å². The number of nitrogens with one attached hydrogen (secondary N) is 2. The first-order valence-corrected chi connectivity index (χ1v) is 7.66. The van der Waals surface area contributed by atoms with Crippen molar-refractivity contribution >= 4 is 23.0 Å². The molecular formula is C17H15F3N4O3. The third kappa shape index (κ3) is 5.80. The lowest BCUT2D eigenvalue weighted by Crippen LogP contribution is -2.26. The van der Waals surface area contributed by atoms with Crippen LogP contribution in [0.1, 0.15) is 18.1 Å². The van der Waals surface area contributed by atoms with Crippen molar-refractivity contribution in [1.82, 2.24) is 5.43 Å². The Morgan fingerprint density at radius 2 is 1.89 bits per heavy atom.